The minimum absolute atomic E-state index is 0.324. The van der Waals surface area contributed by atoms with Crippen LogP contribution in [0, 0.1) is 5.92 Å². The van der Waals surface area contributed by atoms with Crippen molar-refractivity contribution in [3.8, 4) is 16.9 Å². The van der Waals surface area contributed by atoms with Gasteiger partial charge in [0.05, 0.1) is 0 Å². The number of piperidine rings is 1. The van der Waals surface area contributed by atoms with Gasteiger partial charge in [0.25, 0.3) is 0 Å². The molecular weight excluding hydrogens is 306 g/mol. The number of hydrogen-bond donors (Lipinski definition) is 1. The first-order valence-corrected chi connectivity index (χ1v) is 9.89. The van der Waals surface area contributed by atoms with Crippen LogP contribution in [-0.4, -0.2) is 29.6 Å². The Kier molecular flexibility index (Phi) is 5.07. The molecule has 2 aromatic carbocycles. The van der Waals surface area contributed by atoms with Gasteiger partial charge in [-0.3, -0.25) is 0 Å². The van der Waals surface area contributed by atoms with Crippen LogP contribution in [0.25, 0.3) is 11.1 Å². The molecule has 2 fully saturated rings. The lowest BCUT2D eigenvalue weighted by atomic mass is 9.89. The number of phenols is 1. The van der Waals surface area contributed by atoms with Gasteiger partial charge in [-0.1, -0.05) is 49.2 Å². The lowest BCUT2D eigenvalue weighted by Crippen LogP contribution is -2.37. The second-order valence-electron chi connectivity index (χ2n) is 7.92. The minimum Gasteiger partial charge on any atom is -0.508 e. The van der Waals surface area contributed by atoms with E-state index in [2.05, 4.69) is 29.2 Å². The SMILES string of the molecule is Oc1ccc(-c2ccc(C3CCCN(CC4CCCC4)C3)cc2)cc1. The Morgan fingerprint density at radius 2 is 1.44 bits per heavy atom. The molecule has 2 heteroatoms. The Labute approximate surface area is 151 Å². The summed E-state index contributed by atoms with van der Waals surface area (Å²) >= 11 is 0. The van der Waals surface area contributed by atoms with Crippen molar-refractivity contribution in [3.05, 3.63) is 54.1 Å². The second-order valence-corrected chi connectivity index (χ2v) is 7.92. The first kappa shape index (κ1) is 16.7. The van der Waals surface area contributed by atoms with Gasteiger partial charge in [0.2, 0.25) is 0 Å². The summed E-state index contributed by atoms with van der Waals surface area (Å²) in [6.45, 7) is 3.84. The fraction of sp³-hybridized carbons (Fsp3) is 0.478. The molecule has 1 aliphatic heterocycles. The standard InChI is InChI=1S/C23H29NO/c25-23-13-11-20(12-14-23)19-7-9-21(10-8-19)22-6-3-15-24(17-22)16-18-4-1-2-5-18/h7-14,18,22,25H,1-6,15-17H2. The molecular formula is C23H29NO. The predicted molar refractivity (Wildman–Crippen MR) is 104 cm³/mol. The van der Waals surface area contributed by atoms with Crippen molar-refractivity contribution >= 4 is 0 Å². The van der Waals surface area contributed by atoms with E-state index in [4.69, 9.17) is 0 Å². The summed E-state index contributed by atoms with van der Waals surface area (Å²) in [5, 5.41) is 9.44. The molecule has 1 N–H and O–H groups in total. The maximum absolute atomic E-state index is 9.44. The Morgan fingerprint density at radius 1 is 0.800 bits per heavy atom. The van der Waals surface area contributed by atoms with E-state index in [1.54, 1.807) is 12.1 Å². The van der Waals surface area contributed by atoms with E-state index < -0.39 is 0 Å². The summed E-state index contributed by atoms with van der Waals surface area (Å²) in [7, 11) is 0. The molecule has 1 saturated carbocycles. The lowest BCUT2D eigenvalue weighted by Gasteiger charge is -2.34. The molecule has 1 aliphatic carbocycles. The molecule has 2 aliphatic rings. The monoisotopic (exact) mass is 335 g/mol. The summed E-state index contributed by atoms with van der Waals surface area (Å²) in [6.07, 6.45) is 8.43. The fourth-order valence-corrected chi connectivity index (χ4v) is 4.65. The van der Waals surface area contributed by atoms with Crippen LogP contribution in [0.4, 0.5) is 0 Å². The highest BCUT2D eigenvalue weighted by atomic mass is 16.3. The van der Waals surface area contributed by atoms with Crippen molar-refractivity contribution in [1.82, 2.24) is 4.90 Å². The normalized spacial score (nSPS) is 22.3. The zero-order valence-corrected chi connectivity index (χ0v) is 15.0. The highest BCUT2D eigenvalue weighted by Gasteiger charge is 2.24. The van der Waals surface area contributed by atoms with Crippen molar-refractivity contribution in [1.29, 1.82) is 0 Å². The summed E-state index contributed by atoms with van der Waals surface area (Å²) in [5.41, 5.74) is 3.87. The fourth-order valence-electron chi connectivity index (χ4n) is 4.65. The van der Waals surface area contributed by atoms with Gasteiger partial charge in [-0.15, -0.1) is 0 Å². The molecule has 132 valence electrons. The van der Waals surface area contributed by atoms with E-state index >= 15 is 0 Å². The Bertz CT molecular complexity index is 670. The summed E-state index contributed by atoms with van der Waals surface area (Å²) < 4.78 is 0. The molecule has 1 unspecified atom stereocenters. The largest absolute Gasteiger partial charge is 0.508 e. The van der Waals surface area contributed by atoms with Crippen LogP contribution in [0.5, 0.6) is 5.75 Å². The van der Waals surface area contributed by atoms with Crippen molar-refractivity contribution in [2.75, 3.05) is 19.6 Å². The van der Waals surface area contributed by atoms with Crippen LogP contribution in [0.1, 0.15) is 50.0 Å². The van der Waals surface area contributed by atoms with Crippen LogP contribution in [0.2, 0.25) is 0 Å². The quantitative estimate of drug-likeness (QED) is 0.805. The average molecular weight is 335 g/mol. The molecule has 1 atom stereocenters. The predicted octanol–water partition coefficient (Wildman–Crippen LogP) is 5.43. The topological polar surface area (TPSA) is 23.5 Å². The molecule has 0 radical (unpaired) electrons. The number of nitrogens with zero attached hydrogens (tertiary/aromatic N) is 1. The third kappa shape index (κ3) is 4.07. The van der Waals surface area contributed by atoms with Gasteiger partial charge in [0, 0.05) is 13.1 Å². The number of phenolic OH excluding ortho intramolecular Hbond substituents is 1. The summed E-state index contributed by atoms with van der Waals surface area (Å²) in [4.78, 5) is 2.72. The molecule has 0 amide bonds. The van der Waals surface area contributed by atoms with E-state index in [1.165, 1.54) is 69.3 Å². The van der Waals surface area contributed by atoms with Crippen molar-refractivity contribution in [3.63, 3.8) is 0 Å². The van der Waals surface area contributed by atoms with Gasteiger partial charge in [0.15, 0.2) is 0 Å². The maximum atomic E-state index is 9.44. The third-order valence-corrected chi connectivity index (χ3v) is 6.08. The Morgan fingerprint density at radius 3 is 2.12 bits per heavy atom. The average Bonchev–Trinajstić information content (AvgIpc) is 3.16. The number of likely N-dealkylation sites (tertiary alicyclic amines) is 1. The van der Waals surface area contributed by atoms with Crippen molar-refractivity contribution < 1.29 is 5.11 Å². The first-order valence-electron chi connectivity index (χ1n) is 9.89. The van der Waals surface area contributed by atoms with Crippen LogP contribution >= 0.6 is 0 Å². The van der Waals surface area contributed by atoms with Gasteiger partial charge < -0.3 is 10.0 Å². The van der Waals surface area contributed by atoms with Crippen molar-refractivity contribution in [2.45, 2.75) is 44.4 Å². The van der Waals surface area contributed by atoms with Gasteiger partial charge in [-0.2, -0.15) is 0 Å². The number of hydrogen-bond acceptors (Lipinski definition) is 2. The van der Waals surface area contributed by atoms with E-state index in [0.717, 1.165) is 11.5 Å². The maximum Gasteiger partial charge on any atom is 0.115 e. The zero-order chi connectivity index (χ0) is 17.1. The van der Waals surface area contributed by atoms with Gasteiger partial charge in [0.1, 0.15) is 5.75 Å². The smallest absolute Gasteiger partial charge is 0.115 e. The third-order valence-electron chi connectivity index (χ3n) is 6.08. The molecule has 0 aromatic heterocycles. The van der Waals surface area contributed by atoms with E-state index in [1.807, 2.05) is 12.1 Å². The van der Waals surface area contributed by atoms with Gasteiger partial charge in [-0.05, 0) is 72.9 Å². The molecule has 2 aromatic rings. The molecule has 0 spiro atoms. The van der Waals surface area contributed by atoms with E-state index in [9.17, 15) is 5.11 Å². The van der Waals surface area contributed by atoms with Crippen LogP contribution < -0.4 is 0 Å². The second kappa shape index (κ2) is 7.61. The van der Waals surface area contributed by atoms with Crippen molar-refractivity contribution in [2.24, 2.45) is 5.92 Å². The first-order chi connectivity index (χ1) is 12.3. The van der Waals surface area contributed by atoms with Crippen LogP contribution in [-0.2, 0) is 0 Å². The molecule has 1 heterocycles. The highest BCUT2D eigenvalue weighted by Crippen LogP contribution is 2.32. The lowest BCUT2D eigenvalue weighted by molar-refractivity contribution is 0.179. The van der Waals surface area contributed by atoms with Gasteiger partial charge >= 0.3 is 0 Å². The molecule has 25 heavy (non-hydrogen) atoms. The van der Waals surface area contributed by atoms with Crippen LogP contribution in [0.3, 0.4) is 0 Å². The summed E-state index contributed by atoms with van der Waals surface area (Å²) in [5.74, 6) is 1.96. The van der Waals surface area contributed by atoms with E-state index in [0.29, 0.717) is 11.7 Å². The van der Waals surface area contributed by atoms with E-state index in [-0.39, 0.29) is 0 Å². The molecule has 4 rings (SSSR count). The minimum atomic E-state index is 0.324. The zero-order valence-electron chi connectivity index (χ0n) is 15.0. The molecule has 1 saturated heterocycles. The summed E-state index contributed by atoms with van der Waals surface area (Å²) in [6, 6.07) is 16.6. The number of rotatable bonds is 4. The highest BCUT2D eigenvalue weighted by molar-refractivity contribution is 5.64. The van der Waals surface area contributed by atoms with Gasteiger partial charge in [-0.25, -0.2) is 0 Å². The van der Waals surface area contributed by atoms with Crippen LogP contribution in [0.15, 0.2) is 48.5 Å². The molecule has 0 bridgehead atoms. The molecule has 2 nitrogen and oxygen atoms in total. The number of aromatic hydroxyl groups is 1. The Hall–Kier alpha value is -1.80. The Balaban J connectivity index is 1.41. The number of benzene rings is 2.